The van der Waals surface area contributed by atoms with Crippen molar-refractivity contribution in [3.05, 3.63) is 59.5 Å². The predicted octanol–water partition coefficient (Wildman–Crippen LogP) is 3.85. The average Bonchev–Trinajstić information content (AvgIpc) is 2.98. The molecule has 0 bridgehead atoms. The number of nitrogens with one attached hydrogen (secondary N) is 1. The molecule has 6 nitrogen and oxygen atoms in total. The first kappa shape index (κ1) is 16.0. The number of anilines is 3. The molecule has 0 spiro atoms. The van der Waals surface area contributed by atoms with Gasteiger partial charge in [0, 0.05) is 30.9 Å². The molecule has 3 rings (SSSR count). The number of rotatable bonds is 6. The summed E-state index contributed by atoms with van der Waals surface area (Å²) in [6.07, 6.45) is 0. The molecule has 124 valence electrons. The molecule has 0 aliphatic carbocycles. The Morgan fingerprint density at radius 2 is 1.88 bits per heavy atom. The Morgan fingerprint density at radius 1 is 1.08 bits per heavy atom. The quantitative estimate of drug-likeness (QED) is 0.743. The summed E-state index contributed by atoms with van der Waals surface area (Å²) in [5.41, 5.74) is 2.14. The van der Waals surface area contributed by atoms with Crippen molar-refractivity contribution >= 4 is 17.6 Å². The monoisotopic (exact) mass is 323 g/mol. The van der Waals surface area contributed by atoms with Gasteiger partial charge in [0.2, 0.25) is 5.95 Å². The molecule has 0 amide bonds. The molecule has 3 aromatic rings. The van der Waals surface area contributed by atoms with Gasteiger partial charge in [-0.2, -0.15) is 4.98 Å². The summed E-state index contributed by atoms with van der Waals surface area (Å²) >= 11 is 0. The largest absolute Gasteiger partial charge is 0.360 e. The highest BCUT2D eigenvalue weighted by Gasteiger charge is 2.11. The summed E-state index contributed by atoms with van der Waals surface area (Å²) in [6.45, 7) is 7.58. The lowest BCUT2D eigenvalue weighted by Crippen LogP contribution is -2.23. The van der Waals surface area contributed by atoms with Crippen LogP contribution < -0.4 is 10.2 Å². The van der Waals surface area contributed by atoms with E-state index >= 15 is 0 Å². The van der Waals surface area contributed by atoms with Crippen LogP contribution in [0, 0.1) is 13.8 Å². The van der Waals surface area contributed by atoms with E-state index in [0.717, 1.165) is 30.4 Å². The van der Waals surface area contributed by atoms with Crippen molar-refractivity contribution < 1.29 is 4.52 Å². The minimum atomic E-state index is 0.518. The zero-order valence-electron chi connectivity index (χ0n) is 14.2. The van der Waals surface area contributed by atoms with Gasteiger partial charge in [0.25, 0.3) is 0 Å². The minimum Gasteiger partial charge on any atom is -0.360 e. The molecule has 0 atom stereocenters. The number of nitrogens with zero attached hydrogens (tertiary/aromatic N) is 4. The standard InChI is InChI=1S/C18H21N5O/c1-4-23(12-15-8-6-5-7-9-15)17-10-13(2)19-18(21-17)20-16-11-14(3)24-22-16/h5-11H,4,12H2,1-3H3,(H,19,20,21,22). The first-order valence-corrected chi connectivity index (χ1v) is 7.99. The fourth-order valence-electron chi connectivity index (χ4n) is 2.47. The Hall–Kier alpha value is -2.89. The van der Waals surface area contributed by atoms with Crippen LogP contribution in [0.5, 0.6) is 0 Å². The highest BCUT2D eigenvalue weighted by atomic mass is 16.5. The van der Waals surface area contributed by atoms with Crippen molar-refractivity contribution in [2.45, 2.75) is 27.3 Å². The highest BCUT2D eigenvalue weighted by Crippen LogP contribution is 2.20. The van der Waals surface area contributed by atoms with Gasteiger partial charge in [-0.25, -0.2) is 4.98 Å². The summed E-state index contributed by atoms with van der Waals surface area (Å²) in [5, 5.41) is 7.02. The van der Waals surface area contributed by atoms with Crippen LogP contribution >= 0.6 is 0 Å². The maximum Gasteiger partial charge on any atom is 0.230 e. The van der Waals surface area contributed by atoms with Crippen LogP contribution in [0.1, 0.15) is 23.9 Å². The van der Waals surface area contributed by atoms with E-state index in [0.29, 0.717) is 11.8 Å². The molecule has 0 radical (unpaired) electrons. The van der Waals surface area contributed by atoms with E-state index < -0.39 is 0 Å². The summed E-state index contributed by atoms with van der Waals surface area (Å²) < 4.78 is 5.07. The fraction of sp³-hybridized carbons (Fsp3) is 0.278. The third kappa shape index (κ3) is 3.90. The molecular formula is C18H21N5O. The Balaban J connectivity index is 1.83. The third-order valence-electron chi connectivity index (χ3n) is 3.63. The second-order valence-electron chi connectivity index (χ2n) is 5.64. The molecule has 24 heavy (non-hydrogen) atoms. The third-order valence-corrected chi connectivity index (χ3v) is 3.63. The van der Waals surface area contributed by atoms with Gasteiger partial charge >= 0.3 is 0 Å². The van der Waals surface area contributed by atoms with E-state index in [1.807, 2.05) is 44.2 Å². The summed E-state index contributed by atoms with van der Waals surface area (Å²) in [5.74, 6) is 2.75. The van der Waals surface area contributed by atoms with E-state index in [9.17, 15) is 0 Å². The van der Waals surface area contributed by atoms with Gasteiger partial charge in [0.1, 0.15) is 11.6 Å². The number of aryl methyl sites for hydroxylation is 2. The van der Waals surface area contributed by atoms with Gasteiger partial charge in [-0.05, 0) is 26.3 Å². The van der Waals surface area contributed by atoms with Crippen molar-refractivity contribution in [2.75, 3.05) is 16.8 Å². The van der Waals surface area contributed by atoms with Crippen LogP contribution in [0.25, 0.3) is 0 Å². The van der Waals surface area contributed by atoms with Crippen LogP contribution in [0.4, 0.5) is 17.6 Å². The number of hydrogen-bond acceptors (Lipinski definition) is 6. The lowest BCUT2D eigenvalue weighted by atomic mass is 10.2. The van der Waals surface area contributed by atoms with E-state index in [4.69, 9.17) is 4.52 Å². The van der Waals surface area contributed by atoms with Crippen LogP contribution in [-0.2, 0) is 6.54 Å². The molecule has 0 aliphatic heterocycles. The van der Waals surface area contributed by atoms with Gasteiger partial charge in [-0.3, -0.25) is 0 Å². The topological polar surface area (TPSA) is 67.1 Å². The van der Waals surface area contributed by atoms with Crippen LogP contribution in [0.2, 0.25) is 0 Å². The SMILES string of the molecule is CCN(Cc1ccccc1)c1cc(C)nc(Nc2cc(C)on2)n1. The van der Waals surface area contributed by atoms with E-state index in [1.165, 1.54) is 5.56 Å². The fourth-order valence-corrected chi connectivity index (χ4v) is 2.47. The lowest BCUT2D eigenvalue weighted by Gasteiger charge is -2.22. The normalized spacial score (nSPS) is 10.6. The first-order valence-electron chi connectivity index (χ1n) is 7.99. The van der Waals surface area contributed by atoms with Crippen LogP contribution in [0.3, 0.4) is 0 Å². The molecule has 0 aliphatic rings. The summed E-state index contributed by atoms with van der Waals surface area (Å²) in [6, 6.07) is 14.2. The first-order chi connectivity index (χ1) is 11.6. The molecule has 1 N–H and O–H groups in total. The zero-order chi connectivity index (χ0) is 16.9. The van der Waals surface area contributed by atoms with Crippen LogP contribution in [-0.4, -0.2) is 21.7 Å². The molecule has 6 heteroatoms. The van der Waals surface area contributed by atoms with E-state index in [-0.39, 0.29) is 0 Å². The zero-order valence-corrected chi connectivity index (χ0v) is 14.2. The second kappa shape index (κ2) is 7.12. The Bertz CT molecular complexity index is 800. The van der Waals surface area contributed by atoms with Gasteiger partial charge in [-0.1, -0.05) is 35.5 Å². The molecule has 2 aromatic heterocycles. The molecule has 0 saturated heterocycles. The second-order valence-corrected chi connectivity index (χ2v) is 5.64. The summed E-state index contributed by atoms with van der Waals surface area (Å²) in [7, 11) is 0. The van der Waals surface area contributed by atoms with Crippen molar-refractivity contribution in [2.24, 2.45) is 0 Å². The summed E-state index contributed by atoms with van der Waals surface area (Å²) in [4.78, 5) is 11.3. The molecule has 1 aromatic carbocycles. The lowest BCUT2D eigenvalue weighted by molar-refractivity contribution is 0.400. The van der Waals surface area contributed by atoms with Gasteiger partial charge in [-0.15, -0.1) is 0 Å². The molecule has 0 unspecified atom stereocenters. The molecule has 2 heterocycles. The molecule has 0 fully saturated rings. The van der Waals surface area contributed by atoms with E-state index in [1.54, 1.807) is 0 Å². The number of aromatic nitrogens is 3. The number of hydrogen-bond donors (Lipinski definition) is 1. The Morgan fingerprint density at radius 3 is 2.54 bits per heavy atom. The van der Waals surface area contributed by atoms with Crippen molar-refractivity contribution in [3.63, 3.8) is 0 Å². The molecule has 0 saturated carbocycles. The van der Waals surface area contributed by atoms with Crippen molar-refractivity contribution in [1.82, 2.24) is 15.1 Å². The average molecular weight is 323 g/mol. The van der Waals surface area contributed by atoms with Gasteiger partial charge in [0.15, 0.2) is 5.82 Å². The van der Waals surface area contributed by atoms with Crippen molar-refractivity contribution in [3.8, 4) is 0 Å². The maximum atomic E-state index is 5.07. The van der Waals surface area contributed by atoms with Gasteiger partial charge in [0.05, 0.1) is 0 Å². The minimum absolute atomic E-state index is 0.518. The van der Waals surface area contributed by atoms with Crippen LogP contribution in [0.15, 0.2) is 47.0 Å². The van der Waals surface area contributed by atoms with Gasteiger partial charge < -0.3 is 14.7 Å². The highest BCUT2D eigenvalue weighted by molar-refractivity contribution is 5.52. The molecular weight excluding hydrogens is 302 g/mol. The van der Waals surface area contributed by atoms with E-state index in [2.05, 4.69) is 44.4 Å². The van der Waals surface area contributed by atoms with Crippen molar-refractivity contribution in [1.29, 1.82) is 0 Å². The number of benzene rings is 1. The Labute approximate surface area is 141 Å². The Kier molecular flexibility index (Phi) is 4.74. The predicted molar refractivity (Wildman–Crippen MR) is 94.5 cm³/mol. The maximum absolute atomic E-state index is 5.07. The smallest absolute Gasteiger partial charge is 0.230 e.